The van der Waals surface area contributed by atoms with Crippen LogP contribution in [-0.4, -0.2) is 9.97 Å². The predicted octanol–water partition coefficient (Wildman–Crippen LogP) is 5.32. The van der Waals surface area contributed by atoms with Crippen LogP contribution in [0.1, 0.15) is 19.5 Å². The lowest BCUT2D eigenvalue weighted by Gasteiger charge is -2.09. The molecule has 0 bridgehead atoms. The van der Waals surface area contributed by atoms with Crippen LogP contribution in [0.3, 0.4) is 0 Å². The van der Waals surface area contributed by atoms with E-state index >= 15 is 0 Å². The maximum atomic E-state index is 6.17. The zero-order chi connectivity index (χ0) is 13.3. The van der Waals surface area contributed by atoms with E-state index < -0.39 is 0 Å². The van der Waals surface area contributed by atoms with Gasteiger partial charge in [0.05, 0.1) is 19.2 Å². The number of rotatable bonds is 3. The van der Waals surface area contributed by atoms with Gasteiger partial charge < -0.3 is 0 Å². The van der Waals surface area contributed by atoms with Crippen LogP contribution >= 0.6 is 57.1 Å². The highest BCUT2D eigenvalue weighted by Crippen LogP contribution is 2.30. The summed E-state index contributed by atoms with van der Waals surface area (Å²) >= 11 is 15.8. The Morgan fingerprint density at radius 3 is 2.61 bits per heavy atom. The van der Waals surface area contributed by atoms with E-state index in [0.717, 1.165) is 20.6 Å². The summed E-state index contributed by atoms with van der Waals surface area (Å²) < 4.78 is 0.939. The minimum Gasteiger partial charge on any atom is -0.231 e. The van der Waals surface area contributed by atoms with Crippen molar-refractivity contribution in [2.45, 2.75) is 20.3 Å². The average molecular weight is 413 g/mol. The number of thiophene rings is 1. The van der Waals surface area contributed by atoms with Gasteiger partial charge in [0.1, 0.15) is 5.15 Å². The highest BCUT2D eigenvalue weighted by atomic mass is 127. The molecule has 0 fully saturated rings. The maximum absolute atomic E-state index is 6.17. The van der Waals surface area contributed by atoms with Crippen molar-refractivity contribution < 1.29 is 0 Å². The SMILES string of the molecule is CC(C)Cc1nc(-c2cc(Cl)cs2)nc(Cl)c1I. The van der Waals surface area contributed by atoms with Crippen LogP contribution in [0.5, 0.6) is 0 Å². The third kappa shape index (κ3) is 3.35. The number of hydrogen-bond donors (Lipinski definition) is 0. The summed E-state index contributed by atoms with van der Waals surface area (Å²) in [6.45, 7) is 4.32. The Hall–Kier alpha value is 0.0900. The summed E-state index contributed by atoms with van der Waals surface area (Å²) in [5.74, 6) is 1.19. The summed E-state index contributed by atoms with van der Waals surface area (Å²) in [5.41, 5.74) is 1.00. The van der Waals surface area contributed by atoms with E-state index in [9.17, 15) is 0 Å². The van der Waals surface area contributed by atoms with Crippen LogP contribution in [0, 0.1) is 9.49 Å². The number of hydrogen-bond acceptors (Lipinski definition) is 3. The molecule has 2 heterocycles. The first kappa shape index (κ1) is 14.5. The molecule has 2 aromatic heterocycles. The number of nitrogens with zero attached hydrogens (tertiary/aromatic N) is 2. The van der Waals surface area contributed by atoms with Gasteiger partial charge in [-0.1, -0.05) is 37.0 Å². The van der Waals surface area contributed by atoms with Crippen LogP contribution in [0.2, 0.25) is 10.2 Å². The van der Waals surface area contributed by atoms with E-state index in [-0.39, 0.29) is 0 Å². The van der Waals surface area contributed by atoms with Crippen molar-refractivity contribution in [3.63, 3.8) is 0 Å². The molecule has 0 aliphatic rings. The lowest BCUT2D eigenvalue weighted by Crippen LogP contribution is -2.04. The van der Waals surface area contributed by atoms with Crippen molar-refractivity contribution in [1.82, 2.24) is 9.97 Å². The molecule has 2 rings (SSSR count). The van der Waals surface area contributed by atoms with Crippen LogP contribution in [0.25, 0.3) is 10.7 Å². The van der Waals surface area contributed by atoms with E-state index in [4.69, 9.17) is 23.2 Å². The van der Waals surface area contributed by atoms with Gasteiger partial charge in [0.2, 0.25) is 0 Å². The Labute approximate surface area is 134 Å². The minimum atomic E-state index is 0.515. The second-order valence-corrected chi connectivity index (χ2v) is 7.11. The molecule has 0 unspecified atom stereocenters. The second-order valence-electron chi connectivity index (χ2n) is 4.33. The average Bonchev–Trinajstić information content (AvgIpc) is 2.70. The molecule has 18 heavy (non-hydrogen) atoms. The molecule has 0 saturated carbocycles. The van der Waals surface area contributed by atoms with E-state index in [1.807, 2.05) is 11.4 Å². The maximum Gasteiger partial charge on any atom is 0.171 e. The molecule has 96 valence electrons. The van der Waals surface area contributed by atoms with Gasteiger partial charge >= 0.3 is 0 Å². The van der Waals surface area contributed by atoms with Gasteiger partial charge in [-0.2, -0.15) is 0 Å². The van der Waals surface area contributed by atoms with Crippen LogP contribution in [0.15, 0.2) is 11.4 Å². The van der Waals surface area contributed by atoms with Gasteiger partial charge in [0.15, 0.2) is 5.82 Å². The lowest BCUT2D eigenvalue weighted by atomic mass is 10.1. The van der Waals surface area contributed by atoms with Gasteiger partial charge in [-0.15, -0.1) is 11.3 Å². The Balaban J connectivity index is 2.46. The first-order valence-electron chi connectivity index (χ1n) is 5.43. The fraction of sp³-hybridized carbons (Fsp3) is 0.333. The molecular weight excluding hydrogens is 402 g/mol. The summed E-state index contributed by atoms with van der Waals surface area (Å²) in [6.07, 6.45) is 0.895. The molecular formula is C12H11Cl2IN2S. The number of aromatic nitrogens is 2. The molecule has 0 radical (unpaired) electrons. The molecule has 2 aromatic rings. The zero-order valence-corrected chi connectivity index (χ0v) is 14.4. The van der Waals surface area contributed by atoms with Gasteiger partial charge in [0, 0.05) is 5.38 Å². The molecule has 0 aliphatic heterocycles. The Bertz CT molecular complexity index is 569. The Kier molecular flexibility index (Phi) is 4.86. The van der Waals surface area contributed by atoms with Gasteiger partial charge in [0.25, 0.3) is 0 Å². The lowest BCUT2D eigenvalue weighted by molar-refractivity contribution is 0.632. The molecule has 6 heteroatoms. The van der Waals surface area contributed by atoms with E-state index in [2.05, 4.69) is 46.4 Å². The normalized spacial score (nSPS) is 11.2. The molecule has 2 nitrogen and oxygen atoms in total. The molecule has 0 N–H and O–H groups in total. The summed E-state index contributed by atoms with van der Waals surface area (Å²) in [6, 6.07) is 1.86. The molecule has 0 aromatic carbocycles. The van der Waals surface area contributed by atoms with Crippen LogP contribution in [0.4, 0.5) is 0 Å². The van der Waals surface area contributed by atoms with Crippen molar-refractivity contribution in [3.8, 4) is 10.7 Å². The monoisotopic (exact) mass is 412 g/mol. The zero-order valence-electron chi connectivity index (χ0n) is 9.88. The number of halogens is 3. The summed E-state index contributed by atoms with van der Waals surface area (Å²) in [4.78, 5) is 9.88. The standard InChI is InChI=1S/C12H11Cl2IN2S/c1-6(2)3-8-10(15)11(14)17-12(16-8)9-4-7(13)5-18-9/h4-6H,3H2,1-2H3. The van der Waals surface area contributed by atoms with E-state index in [0.29, 0.717) is 21.9 Å². The van der Waals surface area contributed by atoms with E-state index in [1.165, 1.54) is 11.3 Å². The fourth-order valence-corrected chi connectivity index (χ4v) is 3.18. The molecule has 0 amide bonds. The molecule has 0 atom stereocenters. The molecule has 0 spiro atoms. The topological polar surface area (TPSA) is 25.8 Å². The first-order chi connectivity index (χ1) is 8.47. The Morgan fingerprint density at radius 1 is 1.33 bits per heavy atom. The highest BCUT2D eigenvalue weighted by molar-refractivity contribution is 14.1. The third-order valence-electron chi connectivity index (χ3n) is 2.27. The third-order valence-corrected chi connectivity index (χ3v) is 5.27. The fourth-order valence-electron chi connectivity index (χ4n) is 1.53. The second kappa shape index (κ2) is 6.03. The van der Waals surface area contributed by atoms with Crippen molar-refractivity contribution in [2.24, 2.45) is 5.92 Å². The summed E-state index contributed by atoms with van der Waals surface area (Å²) in [7, 11) is 0. The van der Waals surface area contributed by atoms with E-state index in [1.54, 1.807) is 0 Å². The van der Waals surface area contributed by atoms with Crippen LogP contribution in [-0.2, 0) is 6.42 Å². The Morgan fingerprint density at radius 2 is 2.06 bits per heavy atom. The molecule has 0 aliphatic carbocycles. The van der Waals surface area contributed by atoms with Crippen LogP contribution < -0.4 is 0 Å². The smallest absolute Gasteiger partial charge is 0.171 e. The minimum absolute atomic E-state index is 0.515. The largest absolute Gasteiger partial charge is 0.231 e. The highest BCUT2D eigenvalue weighted by Gasteiger charge is 2.14. The van der Waals surface area contributed by atoms with Gasteiger partial charge in [-0.25, -0.2) is 9.97 Å². The predicted molar refractivity (Wildman–Crippen MR) is 86.6 cm³/mol. The van der Waals surface area contributed by atoms with Crippen molar-refractivity contribution in [2.75, 3.05) is 0 Å². The molecule has 0 saturated heterocycles. The van der Waals surface area contributed by atoms with Crippen molar-refractivity contribution in [1.29, 1.82) is 0 Å². The van der Waals surface area contributed by atoms with Gasteiger partial charge in [-0.3, -0.25) is 0 Å². The quantitative estimate of drug-likeness (QED) is 0.503. The van der Waals surface area contributed by atoms with Gasteiger partial charge in [-0.05, 0) is 41.0 Å². The first-order valence-corrected chi connectivity index (χ1v) is 8.15. The summed E-state index contributed by atoms with van der Waals surface area (Å²) in [5, 5.41) is 3.09. The van der Waals surface area contributed by atoms with Crippen molar-refractivity contribution in [3.05, 3.63) is 30.9 Å². The van der Waals surface area contributed by atoms with Crippen molar-refractivity contribution >= 4 is 57.1 Å².